The van der Waals surface area contributed by atoms with Gasteiger partial charge in [-0.25, -0.2) is 9.97 Å². The van der Waals surface area contributed by atoms with Gasteiger partial charge in [0, 0.05) is 10.3 Å². The molecule has 3 aromatic heterocycles. The average molecular weight is 440 g/mol. The standard InChI is InChI=1S/C25H21N5OS/c31-25-22(17-10-4-6-12-19(17)30(25)14-16-8-2-1-3-9-16)28-29-23-21-18-11-5-7-13-20(18)32-24(21)27-15-26-23/h1-4,6,8-10,12,15,31H,5,7,11,13-14H2. The first-order valence-corrected chi connectivity index (χ1v) is 11.6. The molecule has 0 radical (unpaired) electrons. The summed E-state index contributed by atoms with van der Waals surface area (Å²) in [6.07, 6.45) is 6.09. The minimum absolute atomic E-state index is 0.108. The maximum atomic E-state index is 11.1. The van der Waals surface area contributed by atoms with Crippen LogP contribution in [-0.2, 0) is 19.4 Å². The summed E-state index contributed by atoms with van der Waals surface area (Å²) in [5.74, 6) is 0.685. The van der Waals surface area contributed by atoms with Gasteiger partial charge in [-0.05, 0) is 42.9 Å². The molecule has 32 heavy (non-hydrogen) atoms. The number of thiophene rings is 1. The van der Waals surface area contributed by atoms with Gasteiger partial charge >= 0.3 is 0 Å². The molecule has 0 amide bonds. The van der Waals surface area contributed by atoms with Gasteiger partial charge in [0.15, 0.2) is 11.5 Å². The molecule has 2 aromatic carbocycles. The first-order valence-electron chi connectivity index (χ1n) is 10.8. The Morgan fingerprint density at radius 1 is 0.938 bits per heavy atom. The molecule has 0 fully saturated rings. The summed E-state index contributed by atoms with van der Waals surface area (Å²) in [6, 6.07) is 18.0. The number of para-hydroxylation sites is 1. The molecular weight excluding hydrogens is 418 g/mol. The molecule has 5 aromatic rings. The smallest absolute Gasteiger partial charge is 0.221 e. The fraction of sp³-hybridized carbons (Fsp3) is 0.200. The van der Waals surface area contributed by atoms with Crippen LogP contribution in [0.25, 0.3) is 21.1 Å². The van der Waals surface area contributed by atoms with Gasteiger partial charge in [-0.3, -0.25) is 0 Å². The second-order valence-electron chi connectivity index (χ2n) is 8.05. The number of nitrogens with zero attached hydrogens (tertiary/aromatic N) is 5. The van der Waals surface area contributed by atoms with Crippen molar-refractivity contribution in [3.05, 3.63) is 76.9 Å². The molecular formula is C25H21N5OS. The van der Waals surface area contributed by atoms with Gasteiger partial charge in [0.1, 0.15) is 11.2 Å². The number of hydrogen-bond acceptors (Lipinski definition) is 6. The molecule has 1 aliphatic carbocycles. The van der Waals surface area contributed by atoms with Crippen molar-refractivity contribution < 1.29 is 5.11 Å². The summed E-state index contributed by atoms with van der Waals surface area (Å²) in [4.78, 5) is 11.3. The van der Waals surface area contributed by atoms with Gasteiger partial charge in [0.2, 0.25) is 5.88 Å². The number of azo groups is 1. The summed E-state index contributed by atoms with van der Waals surface area (Å²) < 4.78 is 1.88. The summed E-state index contributed by atoms with van der Waals surface area (Å²) in [5, 5.41) is 22.0. The maximum Gasteiger partial charge on any atom is 0.221 e. The van der Waals surface area contributed by atoms with E-state index in [1.807, 2.05) is 59.2 Å². The predicted molar refractivity (Wildman–Crippen MR) is 127 cm³/mol. The molecule has 6 rings (SSSR count). The van der Waals surface area contributed by atoms with Crippen molar-refractivity contribution in [1.29, 1.82) is 0 Å². The van der Waals surface area contributed by atoms with Crippen LogP contribution in [-0.4, -0.2) is 19.6 Å². The minimum Gasteiger partial charge on any atom is -0.493 e. The Bertz CT molecular complexity index is 1470. The molecule has 3 heterocycles. The van der Waals surface area contributed by atoms with Crippen LogP contribution in [0.2, 0.25) is 0 Å². The summed E-state index contributed by atoms with van der Waals surface area (Å²) >= 11 is 1.74. The Morgan fingerprint density at radius 3 is 2.66 bits per heavy atom. The van der Waals surface area contributed by atoms with Crippen LogP contribution in [0.3, 0.4) is 0 Å². The van der Waals surface area contributed by atoms with E-state index in [4.69, 9.17) is 0 Å². The fourth-order valence-electron chi connectivity index (χ4n) is 4.54. The highest BCUT2D eigenvalue weighted by Crippen LogP contribution is 2.42. The van der Waals surface area contributed by atoms with E-state index in [1.54, 1.807) is 17.7 Å². The summed E-state index contributed by atoms with van der Waals surface area (Å²) in [7, 11) is 0. The van der Waals surface area contributed by atoms with Crippen LogP contribution in [0.5, 0.6) is 5.88 Å². The van der Waals surface area contributed by atoms with Crippen molar-refractivity contribution in [2.45, 2.75) is 32.2 Å². The molecule has 0 spiro atoms. The second kappa shape index (κ2) is 7.84. The zero-order valence-corrected chi connectivity index (χ0v) is 18.2. The number of hydrogen-bond donors (Lipinski definition) is 1. The van der Waals surface area contributed by atoms with Crippen LogP contribution < -0.4 is 0 Å². The highest BCUT2D eigenvalue weighted by molar-refractivity contribution is 7.18. The fourth-order valence-corrected chi connectivity index (χ4v) is 5.77. The molecule has 0 saturated carbocycles. The largest absolute Gasteiger partial charge is 0.493 e. The topological polar surface area (TPSA) is 75.7 Å². The molecule has 1 N–H and O–H groups in total. The van der Waals surface area contributed by atoms with Crippen molar-refractivity contribution in [2.24, 2.45) is 10.2 Å². The van der Waals surface area contributed by atoms with Gasteiger partial charge < -0.3 is 9.67 Å². The SMILES string of the molecule is Oc1c(N=Nc2ncnc3sc4c(c23)CCCC4)c2ccccc2n1Cc1ccccc1. The lowest BCUT2D eigenvalue weighted by molar-refractivity contribution is 0.429. The van der Waals surface area contributed by atoms with Crippen molar-refractivity contribution in [2.75, 3.05) is 0 Å². The van der Waals surface area contributed by atoms with E-state index in [0.717, 1.165) is 39.5 Å². The normalized spacial score (nSPS) is 13.9. The monoisotopic (exact) mass is 439 g/mol. The van der Waals surface area contributed by atoms with E-state index in [1.165, 1.54) is 23.3 Å². The number of benzene rings is 2. The van der Waals surface area contributed by atoms with E-state index in [9.17, 15) is 5.11 Å². The first-order chi connectivity index (χ1) is 15.8. The third-order valence-electron chi connectivity index (χ3n) is 6.08. The third kappa shape index (κ3) is 3.17. The van der Waals surface area contributed by atoms with Crippen LogP contribution in [0.15, 0.2) is 71.2 Å². The van der Waals surface area contributed by atoms with Crippen LogP contribution in [0.4, 0.5) is 11.5 Å². The van der Waals surface area contributed by atoms with Gasteiger partial charge in [0.05, 0.1) is 17.4 Å². The molecule has 0 unspecified atom stereocenters. The lowest BCUT2D eigenvalue weighted by Crippen LogP contribution is -1.98. The molecule has 6 nitrogen and oxygen atoms in total. The molecule has 0 aliphatic heterocycles. The van der Waals surface area contributed by atoms with Gasteiger partial charge in [-0.15, -0.1) is 21.6 Å². The number of fused-ring (bicyclic) bond motifs is 4. The lowest BCUT2D eigenvalue weighted by Gasteiger charge is -2.10. The van der Waals surface area contributed by atoms with Crippen molar-refractivity contribution >= 4 is 44.0 Å². The number of rotatable bonds is 4. The molecule has 0 bridgehead atoms. The Labute approximate surface area is 188 Å². The number of aromatic hydroxyl groups is 1. The number of aromatic nitrogens is 3. The Kier molecular flexibility index (Phi) is 4.69. The summed E-state index contributed by atoms with van der Waals surface area (Å²) in [5.41, 5.74) is 3.81. The quantitative estimate of drug-likeness (QED) is 0.317. The van der Waals surface area contributed by atoms with Crippen LogP contribution >= 0.6 is 11.3 Å². The Morgan fingerprint density at radius 2 is 1.75 bits per heavy atom. The van der Waals surface area contributed by atoms with Crippen LogP contribution in [0, 0.1) is 0 Å². The predicted octanol–water partition coefficient (Wildman–Crippen LogP) is 6.69. The molecule has 7 heteroatoms. The maximum absolute atomic E-state index is 11.1. The highest BCUT2D eigenvalue weighted by atomic mass is 32.1. The third-order valence-corrected chi connectivity index (χ3v) is 7.28. The zero-order chi connectivity index (χ0) is 21.5. The van der Waals surface area contributed by atoms with E-state index >= 15 is 0 Å². The van der Waals surface area contributed by atoms with Gasteiger partial charge in [-0.1, -0.05) is 48.5 Å². The molecule has 0 atom stereocenters. The van der Waals surface area contributed by atoms with Crippen molar-refractivity contribution in [1.82, 2.24) is 14.5 Å². The average Bonchev–Trinajstić information content (AvgIpc) is 3.34. The van der Waals surface area contributed by atoms with E-state index in [-0.39, 0.29) is 5.88 Å². The Balaban J connectivity index is 1.46. The molecule has 0 saturated heterocycles. The Hall–Kier alpha value is -3.58. The van der Waals surface area contributed by atoms with Gasteiger partial charge in [0.25, 0.3) is 0 Å². The van der Waals surface area contributed by atoms with E-state index < -0.39 is 0 Å². The first kappa shape index (κ1) is 19.1. The minimum atomic E-state index is 0.108. The van der Waals surface area contributed by atoms with E-state index in [2.05, 4.69) is 20.2 Å². The lowest BCUT2D eigenvalue weighted by atomic mass is 9.97. The van der Waals surface area contributed by atoms with Crippen LogP contribution in [0.1, 0.15) is 28.8 Å². The zero-order valence-electron chi connectivity index (χ0n) is 17.4. The summed E-state index contributed by atoms with van der Waals surface area (Å²) in [6.45, 7) is 0.554. The van der Waals surface area contributed by atoms with Crippen molar-refractivity contribution in [3.8, 4) is 5.88 Å². The molecule has 158 valence electrons. The van der Waals surface area contributed by atoms with Gasteiger partial charge in [-0.2, -0.15) is 0 Å². The highest BCUT2D eigenvalue weighted by Gasteiger charge is 2.21. The van der Waals surface area contributed by atoms with Crippen molar-refractivity contribution in [3.63, 3.8) is 0 Å². The molecule has 1 aliphatic rings. The van der Waals surface area contributed by atoms with E-state index in [0.29, 0.717) is 18.1 Å². The second-order valence-corrected chi connectivity index (χ2v) is 9.13. The number of aryl methyl sites for hydroxylation is 2.